The summed E-state index contributed by atoms with van der Waals surface area (Å²) < 4.78 is 0. The Morgan fingerprint density at radius 2 is 2.19 bits per heavy atom. The van der Waals surface area contributed by atoms with Gasteiger partial charge in [-0.2, -0.15) is 0 Å². The number of carbonyl (C=O) groups is 1. The third-order valence-electron chi connectivity index (χ3n) is 3.10. The van der Waals surface area contributed by atoms with E-state index in [4.69, 9.17) is 16.4 Å². The first kappa shape index (κ1) is 15.4. The highest BCUT2D eigenvalue weighted by atomic mass is 35.5. The molecule has 0 bridgehead atoms. The smallest absolute Gasteiger partial charge is 0.320 e. The number of H-pyrrole nitrogens is 1. The number of hydrogen-bond donors (Lipinski definition) is 2. The van der Waals surface area contributed by atoms with Crippen molar-refractivity contribution < 1.29 is 9.63 Å². The van der Waals surface area contributed by atoms with Crippen LogP contribution in [0.2, 0.25) is 5.02 Å². The molecule has 1 amide bonds. The fraction of sp³-hybridized carbons (Fsp3) is 0.429. The molecule has 0 aliphatic heterocycles. The minimum absolute atomic E-state index is 0.336. The highest BCUT2D eigenvalue weighted by Crippen LogP contribution is 2.15. The first-order valence-electron chi connectivity index (χ1n) is 6.98. The van der Waals surface area contributed by atoms with Gasteiger partial charge in [0.2, 0.25) is 0 Å². The summed E-state index contributed by atoms with van der Waals surface area (Å²) in [4.78, 5) is 29.5. The second kappa shape index (κ2) is 7.17. The van der Waals surface area contributed by atoms with Gasteiger partial charge in [-0.25, -0.2) is 9.89 Å². The normalized spacial score (nSPS) is 10.8. The summed E-state index contributed by atoms with van der Waals surface area (Å²) in [6, 6.07) is 4.75. The summed E-state index contributed by atoms with van der Waals surface area (Å²) in [6.45, 7) is 2.67. The van der Waals surface area contributed by atoms with E-state index < -0.39 is 6.09 Å². The van der Waals surface area contributed by atoms with E-state index in [0.717, 1.165) is 30.5 Å². The van der Waals surface area contributed by atoms with E-state index in [1.807, 2.05) is 0 Å². The highest BCUT2D eigenvalue weighted by Gasteiger charge is 2.11. The SMILES string of the molecule is CCCCCCNC(=O)On1[nH]c(=O)c2ccc(Cl)cc21. The molecule has 0 atom stereocenters. The third kappa shape index (κ3) is 4.01. The average molecular weight is 312 g/mol. The Hall–Kier alpha value is -1.95. The molecule has 0 radical (unpaired) electrons. The number of aromatic amines is 1. The van der Waals surface area contributed by atoms with Gasteiger partial charge in [-0.3, -0.25) is 4.79 Å². The van der Waals surface area contributed by atoms with E-state index in [9.17, 15) is 9.59 Å². The van der Waals surface area contributed by atoms with Crippen molar-refractivity contribution in [2.75, 3.05) is 6.54 Å². The maximum Gasteiger partial charge on any atom is 0.433 e. The Morgan fingerprint density at radius 1 is 1.38 bits per heavy atom. The van der Waals surface area contributed by atoms with Crippen molar-refractivity contribution in [1.29, 1.82) is 0 Å². The van der Waals surface area contributed by atoms with Gasteiger partial charge in [0.1, 0.15) is 5.52 Å². The molecule has 7 heteroatoms. The number of carbonyl (C=O) groups excluding carboxylic acids is 1. The molecule has 0 unspecified atom stereocenters. The number of aromatic nitrogens is 2. The number of benzene rings is 1. The Morgan fingerprint density at radius 3 is 2.95 bits per heavy atom. The van der Waals surface area contributed by atoms with Crippen LogP contribution in [0, 0.1) is 0 Å². The molecule has 21 heavy (non-hydrogen) atoms. The van der Waals surface area contributed by atoms with Gasteiger partial charge in [0, 0.05) is 11.6 Å². The lowest BCUT2D eigenvalue weighted by atomic mass is 10.2. The number of halogens is 1. The van der Waals surface area contributed by atoms with Crippen LogP contribution in [0.4, 0.5) is 4.79 Å². The van der Waals surface area contributed by atoms with E-state index >= 15 is 0 Å². The van der Waals surface area contributed by atoms with Gasteiger partial charge in [0.15, 0.2) is 0 Å². The predicted octanol–water partition coefficient (Wildman–Crippen LogP) is 2.70. The van der Waals surface area contributed by atoms with Crippen molar-refractivity contribution in [2.45, 2.75) is 32.6 Å². The van der Waals surface area contributed by atoms with E-state index in [1.54, 1.807) is 18.2 Å². The van der Waals surface area contributed by atoms with E-state index in [0.29, 0.717) is 22.5 Å². The molecule has 1 aromatic carbocycles. The van der Waals surface area contributed by atoms with Gasteiger partial charge in [0.05, 0.1) is 5.39 Å². The number of nitrogens with one attached hydrogen (secondary N) is 2. The summed E-state index contributed by atoms with van der Waals surface area (Å²) in [5.41, 5.74) is 0.0889. The molecule has 0 spiro atoms. The topological polar surface area (TPSA) is 76.1 Å². The Bertz CT molecular complexity index is 678. The second-order valence-corrected chi connectivity index (χ2v) is 5.20. The number of rotatable bonds is 6. The molecule has 0 saturated carbocycles. The number of fused-ring (bicyclic) bond motifs is 1. The third-order valence-corrected chi connectivity index (χ3v) is 3.34. The van der Waals surface area contributed by atoms with Crippen molar-refractivity contribution in [1.82, 2.24) is 15.3 Å². The summed E-state index contributed by atoms with van der Waals surface area (Å²) >= 11 is 5.88. The van der Waals surface area contributed by atoms with Crippen molar-refractivity contribution in [3.05, 3.63) is 33.6 Å². The molecule has 0 aliphatic rings. The molecule has 0 saturated heterocycles. The summed E-state index contributed by atoms with van der Waals surface area (Å²) in [5.74, 6) is 0. The summed E-state index contributed by atoms with van der Waals surface area (Å²) in [6.07, 6.45) is 3.64. The van der Waals surface area contributed by atoms with Crippen molar-refractivity contribution in [3.8, 4) is 0 Å². The van der Waals surface area contributed by atoms with E-state index in [1.165, 1.54) is 0 Å². The van der Waals surface area contributed by atoms with Crippen LogP contribution in [-0.4, -0.2) is 22.6 Å². The number of amides is 1. The molecule has 1 aromatic heterocycles. The van der Waals surface area contributed by atoms with Crippen molar-refractivity contribution in [3.63, 3.8) is 0 Å². The summed E-state index contributed by atoms with van der Waals surface area (Å²) in [5, 5.41) is 5.95. The molecule has 2 rings (SSSR count). The maximum absolute atomic E-state index is 11.7. The van der Waals surface area contributed by atoms with Crippen LogP contribution >= 0.6 is 11.6 Å². The zero-order valence-electron chi connectivity index (χ0n) is 11.8. The predicted molar refractivity (Wildman–Crippen MR) is 81.7 cm³/mol. The molecule has 6 nitrogen and oxygen atoms in total. The monoisotopic (exact) mass is 311 g/mol. The second-order valence-electron chi connectivity index (χ2n) is 4.76. The molecule has 1 heterocycles. The van der Waals surface area contributed by atoms with Crippen molar-refractivity contribution in [2.24, 2.45) is 0 Å². The van der Waals surface area contributed by atoms with E-state index in [2.05, 4.69) is 17.3 Å². The minimum Gasteiger partial charge on any atom is -0.320 e. The van der Waals surface area contributed by atoms with Gasteiger partial charge in [-0.1, -0.05) is 37.8 Å². The molecule has 0 aliphatic carbocycles. The maximum atomic E-state index is 11.7. The lowest BCUT2D eigenvalue weighted by Crippen LogP contribution is -2.33. The molecule has 114 valence electrons. The lowest BCUT2D eigenvalue weighted by Gasteiger charge is -2.07. The number of hydrogen-bond acceptors (Lipinski definition) is 3. The average Bonchev–Trinajstić information content (AvgIpc) is 2.74. The Labute approximate surface area is 127 Å². The minimum atomic E-state index is -0.611. The number of nitrogens with zero attached hydrogens (tertiary/aromatic N) is 1. The molecular formula is C14H18ClN3O3. The van der Waals surface area contributed by atoms with Crippen molar-refractivity contribution >= 4 is 28.6 Å². The van der Waals surface area contributed by atoms with Crippen LogP contribution in [0.1, 0.15) is 32.6 Å². The standard InChI is InChI=1S/C14H18ClN3O3/c1-2-3-4-5-8-16-14(20)21-18-12-9-10(15)6-7-11(12)13(19)17-18/h6-7,9H,2-5,8H2,1H3,(H,16,20)(H,17,19). The van der Waals surface area contributed by atoms with Crippen LogP contribution in [0.3, 0.4) is 0 Å². The van der Waals surface area contributed by atoms with Gasteiger partial charge in [-0.05, 0) is 24.6 Å². The van der Waals surface area contributed by atoms with Crippen LogP contribution in [0.25, 0.3) is 10.9 Å². The van der Waals surface area contributed by atoms with Gasteiger partial charge in [-0.15, -0.1) is 4.85 Å². The quantitative estimate of drug-likeness (QED) is 0.805. The van der Waals surface area contributed by atoms with Gasteiger partial charge >= 0.3 is 6.09 Å². The summed E-state index contributed by atoms with van der Waals surface area (Å²) in [7, 11) is 0. The first-order valence-corrected chi connectivity index (χ1v) is 7.36. The largest absolute Gasteiger partial charge is 0.433 e. The zero-order chi connectivity index (χ0) is 15.2. The molecule has 2 N–H and O–H groups in total. The Balaban J connectivity index is 1.98. The molecule has 2 aromatic rings. The van der Waals surface area contributed by atoms with Gasteiger partial charge in [0.25, 0.3) is 5.56 Å². The van der Waals surface area contributed by atoms with Crippen LogP contribution in [0.15, 0.2) is 23.0 Å². The zero-order valence-corrected chi connectivity index (χ0v) is 12.6. The van der Waals surface area contributed by atoms with E-state index in [-0.39, 0.29) is 5.56 Å². The lowest BCUT2D eigenvalue weighted by molar-refractivity contribution is 0.121. The van der Waals surface area contributed by atoms with Crippen LogP contribution in [0.5, 0.6) is 0 Å². The molecule has 0 fully saturated rings. The number of unbranched alkanes of at least 4 members (excludes halogenated alkanes) is 3. The fourth-order valence-corrected chi connectivity index (χ4v) is 2.17. The molecular weight excluding hydrogens is 294 g/mol. The highest BCUT2D eigenvalue weighted by molar-refractivity contribution is 6.31. The fourth-order valence-electron chi connectivity index (χ4n) is 2.01. The van der Waals surface area contributed by atoms with Crippen LogP contribution < -0.4 is 15.7 Å². The van der Waals surface area contributed by atoms with Crippen LogP contribution in [-0.2, 0) is 0 Å². The van der Waals surface area contributed by atoms with Gasteiger partial charge < -0.3 is 10.2 Å². The first-order chi connectivity index (χ1) is 10.1. The Kier molecular flexibility index (Phi) is 5.27.